The normalized spacial score (nSPS) is 35.8. The highest BCUT2D eigenvalue weighted by Gasteiger charge is 2.39. The van der Waals surface area contributed by atoms with E-state index in [4.69, 9.17) is 4.74 Å². The maximum atomic E-state index is 5.87. The lowest BCUT2D eigenvalue weighted by Crippen LogP contribution is -2.48. The fourth-order valence-corrected chi connectivity index (χ4v) is 4.33. The van der Waals surface area contributed by atoms with Crippen LogP contribution < -0.4 is 5.32 Å². The molecule has 0 spiro atoms. The van der Waals surface area contributed by atoms with Gasteiger partial charge >= 0.3 is 0 Å². The highest BCUT2D eigenvalue weighted by Crippen LogP contribution is 2.45. The molecular weight excluding hydrogens is 222 g/mol. The lowest BCUT2D eigenvalue weighted by atomic mass is 9.63. The first-order valence-electron chi connectivity index (χ1n) is 7.57. The van der Waals surface area contributed by atoms with Crippen LogP contribution in [-0.2, 0) is 4.74 Å². The molecule has 2 nitrogen and oxygen atoms in total. The standard InChI is InChI=1S/C16H31NO/c1-14(2)9-13(10-15(3,4)11-14)17-12-16(5)7-6-8-18-16/h13,17H,6-12H2,1-5H3. The van der Waals surface area contributed by atoms with Crippen molar-refractivity contribution in [3.63, 3.8) is 0 Å². The summed E-state index contributed by atoms with van der Waals surface area (Å²) in [5.41, 5.74) is 1.03. The lowest BCUT2D eigenvalue weighted by Gasteiger charge is -2.46. The first-order valence-corrected chi connectivity index (χ1v) is 7.57. The number of nitrogens with one attached hydrogen (secondary N) is 1. The highest BCUT2D eigenvalue weighted by atomic mass is 16.5. The third-order valence-electron chi connectivity index (χ3n) is 4.62. The molecule has 0 aromatic heterocycles. The van der Waals surface area contributed by atoms with Crippen LogP contribution in [0.3, 0.4) is 0 Å². The summed E-state index contributed by atoms with van der Waals surface area (Å²) >= 11 is 0. The van der Waals surface area contributed by atoms with E-state index < -0.39 is 0 Å². The van der Waals surface area contributed by atoms with E-state index in [0.717, 1.165) is 13.2 Å². The second kappa shape index (κ2) is 4.79. The van der Waals surface area contributed by atoms with Crippen LogP contribution in [0.25, 0.3) is 0 Å². The quantitative estimate of drug-likeness (QED) is 0.827. The van der Waals surface area contributed by atoms with E-state index >= 15 is 0 Å². The molecule has 106 valence electrons. The van der Waals surface area contributed by atoms with Crippen LogP contribution in [0.4, 0.5) is 0 Å². The smallest absolute Gasteiger partial charge is 0.0779 e. The Kier molecular flexibility index (Phi) is 3.81. The van der Waals surface area contributed by atoms with Crippen molar-refractivity contribution >= 4 is 0 Å². The van der Waals surface area contributed by atoms with Gasteiger partial charge in [-0.3, -0.25) is 0 Å². The summed E-state index contributed by atoms with van der Waals surface area (Å²) in [5, 5.41) is 3.79. The molecule has 1 heterocycles. The highest BCUT2D eigenvalue weighted by molar-refractivity contribution is 4.94. The number of hydrogen-bond acceptors (Lipinski definition) is 2. The van der Waals surface area contributed by atoms with E-state index in [9.17, 15) is 0 Å². The minimum Gasteiger partial charge on any atom is -0.374 e. The predicted octanol–water partition coefficient (Wildman–Crippen LogP) is 3.75. The van der Waals surface area contributed by atoms with Crippen LogP contribution in [0.1, 0.15) is 66.7 Å². The zero-order valence-corrected chi connectivity index (χ0v) is 12.9. The summed E-state index contributed by atoms with van der Waals surface area (Å²) in [6, 6.07) is 0.657. The third-order valence-corrected chi connectivity index (χ3v) is 4.62. The van der Waals surface area contributed by atoms with E-state index in [1.165, 1.54) is 32.1 Å². The largest absolute Gasteiger partial charge is 0.374 e. The summed E-state index contributed by atoms with van der Waals surface area (Å²) in [4.78, 5) is 0. The van der Waals surface area contributed by atoms with Crippen molar-refractivity contribution in [2.45, 2.75) is 78.4 Å². The van der Waals surface area contributed by atoms with Crippen molar-refractivity contribution in [2.24, 2.45) is 10.8 Å². The Hall–Kier alpha value is -0.0800. The molecule has 1 aliphatic carbocycles. The predicted molar refractivity (Wildman–Crippen MR) is 76.8 cm³/mol. The maximum Gasteiger partial charge on any atom is 0.0779 e. The Bertz CT molecular complexity index is 273. The average Bonchev–Trinajstić information content (AvgIpc) is 2.58. The van der Waals surface area contributed by atoms with Gasteiger partial charge in [-0.1, -0.05) is 27.7 Å². The van der Waals surface area contributed by atoms with Crippen molar-refractivity contribution in [3.8, 4) is 0 Å². The molecule has 0 radical (unpaired) electrons. The summed E-state index contributed by atoms with van der Waals surface area (Å²) in [5.74, 6) is 0. The van der Waals surface area contributed by atoms with Crippen LogP contribution in [-0.4, -0.2) is 24.8 Å². The van der Waals surface area contributed by atoms with Crippen LogP contribution in [0.15, 0.2) is 0 Å². The summed E-state index contributed by atoms with van der Waals surface area (Å²) < 4.78 is 5.87. The SMILES string of the molecule is CC1(C)CC(NCC2(C)CCCO2)CC(C)(C)C1. The minimum absolute atomic E-state index is 0.0890. The molecule has 1 saturated heterocycles. The molecule has 18 heavy (non-hydrogen) atoms. The Morgan fingerprint density at radius 2 is 1.67 bits per heavy atom. The van der Waals surface area contributed by atoms with Gasteiger partial charge in [0.15, 0.2) is 0 Å². The molecule has 0 aromatic rings. The van der Waals surface area contributed by atoms with Crippen LogP contribution in [0, 0.1) is 10.8 Å². The van der Waals surface area contributed by atoms with Gasteiger partial charge in [0.05, 0.1) is 5.60 Å². The number of rotatable bonds is 3. The molecule has 1 atom stereocenters. The number of hydrogen-bond donors (Lipinski definition) is 1. The molecule has 2 heteroatoms. The van der Waals surface area contributed by atoms with Gasteiger partial charge in [-0.2, -0.15) is 0 Å². The van der Waals surface area contributed by atoms with Crippen LogP contribution in [0.2, 0.25) is 0 Å². The lowest BCUT2D eigenvalue weighted by molar-refractivity contribution is 0.00996. The molecule has 0 amide bonds. The fraction of sp³-hybridized carbons (Fsp3) is 1.00. The zero-order valence-electron chi connectivity index (χ0n) is 12.9. The van der Waals surface area contributed by atoms with Crippen molar-refractivity contribution < 1.29 is 4.74 Å². The Labute approximate surface area is 113 Å². The molecule has 1 N–H and O–H groups in total. The van der Waals surface area contributed by atoms with Crippen molar-refractivity contribution in [2.75, 3.05) is 13.2 Å². The van der Waals surface area contributed by atoms with E-state index in [0.29, 0.717) is 16.9 Å². The van der Waals surface area contributed by atoms with Gasteiger partial charge in [0.2, 0.25) is 0 Å². The molecule has 0 bridgehead atoms. The molecule has 0 aromatic carbocycles. The van der Waals surface area contributed by atoms with Gasteiger partial charge < -0.3 is 10.1 Å². The second-order valence-electron chi connectivity index (χ2n) is 8.39. The van der Waals surface area contributed by atoms with E-state index in [-0.39, 0.29) is 5.60 Å². The molecule has 2 fully saturated rings. The Morgan fingerprint density at radius 1 is 1.06 bits per heavy atom. The summed E-state index contributed by atoms with van der Waals surface area (Å²) in [7, 11) is 0. The van der Waals surface area contributed by atoms with Gasteiger partial charge in [0.25, 0.3) is 0 Å². The van der Waals surface area contributed by atoms with Gasteiger partial charge in [0, 0.05) is 19.2 Å². The molecule has 1 aliphatic heterocycles. The molecule has 2 aliphatic rings. The van der Waals surface area contributed by atoms with Crippen LogP contribution in [0.5, 0.6) is 0 Å². The third kappa shape index (κ3) is 3.71. The van der Waals surface area contributed by atoms with E-state index in [2.05, 4.69) is 39.9 Å². The topological polar surface area (TPSA) is 21.3 Å². The van der Waals surface area contributed by atoms with Crippen molar-refractivity contribution in [1.82, 2.24) is 5.32 Å². The Balaban J connectivity index is 1.89. The number of ether oxygens (including phenoxy) is 1. The molecule has 1 unspecified atom stereocenters. The minimum atomic E-state index is 0.0890. The van der Waals surface area contributed by atoms with Gasteiger partial charge in [-0.05, 0) is 49.9 Å². The summed E-state index contributed by atoms with van der Waals surface area (Å²) in [6.07, 6.45) is 6.37. The van der Waals surface area contributed by atoms with Gasteiger partial charge in [-0.25, -0.2) is 0 Å². The second-order valence-corrected chi connectivity index (χ2v) is 8.39. The Morgan fingerprint density at radius 3 is 2.17 bits per heavy atom. The van der Waals surface area contributed by atoms with Crippen molar-refractivity contribution in [1.29, 1.82) is 0 Å². The zero-order chi connectivity index (χ0) is 13.4. The monoisotopic (exact) mass is 253 g/mol. The molecule has 2 rings (SSSR count). The van der Waals surface area contributed by atoms with E-state index in [1.807, 2.05) is 0 Å². The van der Waals surface area contributed by atoms with E-state index in [1.54, 1.807) is 0 Å². The first kappa shape index (κ1) is 14.3. The van der Waals surface area contributed by atoms with Gasteiger partial charge in [0.1, 0.15) is 0 Å². The fourth-order valence-electron chi connectivity index (χ4n) is 4.33. The summed E-state index contributed by atoms with van der Waals surface area (Å²) in [6.45, 7) is 13.9. The average molecular weight is 253 g/mol. The van der Waals surface area contributed by atoms with Crippen molar-refractivity contribution in [3.05, 3.63) is 0 Å². The van der Waals surface area contributed by atoms with Crippen LogP contribution >= 0.6 is 0 Å². The van der Waals surface area contributed by atoms with Gasteiger partial charge in [-0.15, -0.1) is 0 Å². The molecule has 1 saturated carbocycles. The molecular formula is C16H31NO. The first-order chi connectivity index (χ1) is 8.20. The maximum absolute atomic E-state index is 5.87.